The molecule has 106 valence electrons. The van der Waals surface area contributed by atoms with Crippen molar-refractivity contribution in [1.82, 2.24) is 10.6 Å². The molecule has 4 heteroatoms. The molecule has 1 saturated carbocycles. The van der Waals surface area contributed by atoms with Crippen LogP contribution in [0.25, 0.3) is 0 Å². The highest BCUT2D eigenvalue weighted by atomic mass is 16.5. The third-order valence-electron chi connectivity index (χ3n) is 3.87. The fraction of sp³-hybridized carbons (Fsp3) is 0.929. The summed E-state index contributed by atoms with van der Waals surface area (Å²) in [5.41, 5.74) is 0. The van der Waals surface area contributed by atoms with Gasteiger partial charge in [-0.05, 0) is 32.6 Å². The third-order valence-corrected chi connectivity index (χ3v) is 3.87. The Bertz CT molecular complexity index is 240. The van der Waals surface area contributed by atoms with Gasteiger partial charge in [0.15, 0.2) is 0 Å². The largest absolute Gasteiger partial charge is 0.383 e. The second-order valence-electron chi connectivity index (χ2n) is 5.36. The molecule has 2 N–H and O–H groups in total. The van der Waals surface area contributed by atoms with E-state index in [1.807, 2.05) is 6.92 Å². The Morgan fingerprint density at radius 1 is 1.28 bits per heavy atom. The number of hydrogen-bond acceptors (Lipinski definition) is 3. The molecular formula is C14H28N2O2. The Morgan fingerprint density at radius 3 is 2.56 bits per heavy atom. The Balaban J connectivity index is 2.24. The summed E-state index contributed by atoms with van der Waals surface area (Å²) in [6, 6.07) is 0.298. The molecule has 0 aromatic carbocycles. The molecular weight excluding hydrogens is 228 g/mol. The van der Waals surface area contributed by atoms with E-state index in [0.29, 0.717) is 19.2 Å². The minimum Gasteiger partial charge on any atom is -0.383 e. The molecule has 2 atom stereocenters. The third kappa shape index (κ3) is 5.36. The summed E-state index contributed by atoms with van der Waals surface area (Å²) >= 11 is 0. The van der Waals surface area contributed by atoms with Crippen molar-refractivity contribution in [3.8, 4) is 0 Å². The minimum absolute atomic E-state index is 0.0645. The summed E-state index contributed by atoms with van der Waals surface area (Å²) in [5, 5.41) is 6.29. The lowest BCUT2D eigenvalue weighted by Crippen LogP contribution is -2.48. The molecule has 18 heavy (non-hydrogen) atoms. The van der Waals surface area contributed by atoms with Crippen LogP contribution in [-0.2, 0) is 9.53 Å². The van der Waals surface area contributed by atoms with Crippen LogP contribution in [-0.4, -0.2) is 38.3 Å². The van der Waals surface area contributed by atoms with Crippen LogP contribution in [0.2, 0.25) is 0 Å². The van der Waals surface area contributed by atoms with E-state index in [1.54, 1.807) is 7.11 Å². The Labute approximate surface area is 111 Å². The summed E-state index contributed by atoms with van der Waals surface area (Å²) < 4.78 is 4.91. The van der Waals surface area contributed by atoms with Gasteiger partial charge < -0.3 is 15.4 Å². The van der Waals surface area contributed by atoms with E-state index in [0.717, 1.165) is 5.92 Å². The number of amides is 1. The average molecular weight is 256 g/mol. The summed E-state index contributed by atoms with van der Waals surface area (Å²) in [6.07, 6.45) is 6.64. The molecule has 0 radical (unpaired) electrons. The van der Waals surface area contributed by atoms with Crippen LogP contribution in [0.15, 0.2) is 0 Å². The van der Waals surface area contributed by atoms with E-state index in [4.69, 9.17) is 4.74 Å². The van der Waals surface area contributed by atoms with E-state index in [-0.39, 0.29) is 11.9 Å². The highest BCUT2D eigenvalue weighted by Gasteiger charge is 2.23. The number of carbonyl (C=O) groups is 1. The molecule has 1 aliphatic rings. The van der Waals surface area contributed by atoms with E-state index in [2.05, 4.69) is 17.6 Å². The first-order valence-electron chi connectivity index (χ1n) is 7.18. The lowest BCUT2D eigenvalue weighted by atomic mass is 9.84. The zero-order valence-corrected chi connectivity index (χ0v) is 12.0. The lowest BCUT2D eigenvalue weighted by Gasteiger charge is -2.30. The standard InChI is InChI=1S/C14H28N2O2/c1-11(13-7-5-4-6-8-13)16-12(2)14(17)15-9-10-18-3/h11-13,16H,4-10H2,1-3H3,(H,15,17)/t11-,12?/m0/s1. The molecule has 1 amide bonds. The van der Waals surface area contributed by atoms with Gasteiger partial charge in [0.2, 0.25) is 5.91 Å². The maximum atomic E-state index is 11.8. The van der Waals surface area contributed by atoms with Crippen LogP contribution in [0.1, 0.15) is 46.0 Å². The fourth-order valence-corrected chi connectivity index (χ4v) is 2.67. The zero-order chi connectivity index (χ0) is 13.4. The molecule has 1 rings (SSSR count). The number of rotatable bonds is 7. The summed E-state index contributed by atoms with van der Waals surface area (Å²) in [6.45, 7) is 5.28. The molecule has 0 spiro atoms. The van der Waals surface area contributed by atoms with Crippen molar-refractivity contribution in [2.24, 2.45) is 5.92 Å². The van der Waals surface area contributed by atoms with Gasteiger partial charge in [-0.15, -0.1) is 0 Å². The highest BCUT2D eigenvalue weighted by Crippen LogP contribution is 2.26. The van der Waals surface area contributed by atoms with Crippen LogP contribution < -0.4 is 10.6 Å². The smallest absolute Gasteiger partial charge is 0.236 e. The molecule has 0 saturated heterocycles. The van der Waals surface area contributed by atoms with Crippen molar-refractivity contribution in [3.05, 3.63) is 0 Å². The second-order valence-corrected chi connectivity index (χ2v) is 5.36. The Kier molecular flexibility index (Phi) is 7.28. The average Bonchev–Trinajstić information content (AvgIpc) is 2.39. The van der Waals surface area contributed by atoms with Crippen LogP contribution in [0.4, 0.5) is 0 Å². The SMILES string of the molecule is COCCNC(=O)C(C)N[C@@H](C)C1CCCCC1. The van der Waals surface area contributed by atoms with E-state index in [9.17, 15) is 4.79 Å². The van der Waals surface area contributed by atoms with Crippen LogP contribution in [0, 0.1) is 5.92 Å². The van der Waals surface area contributed by atoms with Gasteiger partial charge in [-0.1, -0.05) is 19.3 Å². The first kappa shape index (κ1) is 15.4. The summed E-state index contributed by atoms with van der Waals surface area (Å²) in [7, 11) is 1.64. The van der Waals surface area contributed by atoms with Gasteiger partial charge in [-0.25, -0.2) is 0 Å². The topological polar surface area (TPSA) is 50.4 Å². The maximum absolute atomic E-state index is 11.8. The molecule has 1 aliphatic carbocycles. The minimum atomic E-state index is -0.126. The fourth-order valence-electron chi connectivity index (χ4n) is 2.67. The lowest BCUT2D eigenvalue weighted by molar-refractivity contribution is -0.123. The molecule has 1 fully saturated rings. The van der Waals surface area contributed by atoms with Gasteiger partial charge in [0.05, 0.1) is 12.6 Å². The number of carbonyl (C=O) groups excluding carboxylic acids is 1. The van der Waals surface area contributed by atoms with Gasteiger partial charge in [-0.2, -0.15) is 0 Å². The van der Waals surface area contributed by atoms with Gasteiger partial charge >= 0.3 is 0 Å². The quantitative estimate of drug-likeness (QED) is 0.682. The van der Waals surface area contributed by atoms with Crippen LogP contribution >= 0.6 is 0 Å². The Hall–Kier alpha value is -0.610. The molecule has 0 aromatic rings. The summed E-state index contributed by atoms with van der Waals surface area (Å²) in [5.74, 6) is 0.794. The molecule has 1 unspecified atom stereocenters. The van der Waals surface area contributed by atoms with E-state index >= 15 is 0 Å². The molecule has 0 heterocycles. The van der Waals surface area contributed by atoms with Gasteiger partial charge in [-0.3, -0.25) is 4.79 Å². The predicted molar refractivity (Wildman–Crippen MR) is 73.5 cm³/mol. The first-order chi connectivity index (χ1) is 8.65. The number of methoxy groups -OCH3 is 1. The van der Waals surface area contributed by atoms with E-state index in [1.165, 1.54) is 32.1 Å². The van der Waals surface area contributed by atoms with Gasteiger partial charge in [0, 0.05) is 19.7 Å². The van der Waals surface area contributed by atoms with Crippen molar-refractivity contribution in [2.75, 3.05) is 20.3 Å². The monoisotopic (exact) mass is 256 g/mol. The number of nitrogens with one attached hydrogen (secondary N) is 2. The first-order valence-corrected chi connectivity index (χ1v) is 7.18. The highest BCUT2D eigenvalue weighted by molar-refractivity contribution is 5.81. The van der Waals surface area contributed by atoms with Crippen molar-refractivity contribution < 1.29 is 9.53 Å². The normalized spacial score (nSPS) is 20.4. The number of hydrogen-bond donors (Lipinski definition) is 2. The van der Waals surface area contributed by atoms with Crippen LogP contribution in [0.3, 0.4) is 0 Å². The molecule has 0 bridgehead atoms. The predicted octanol–water partition coefficient (Wildman–Crippen LogP) is 1.70. The van der Waals surface area contributed by atoms with Crippen molar-refractivity contribution in [2.45, 2.75) is 58.0 Å². The van der Waals surface area contributed by atoms with Gasteiger partial charge in [0.1, 0.15) is 0 Å². The van der Waals surface area contributed by atoms with Crippen molar-refractivity contribution >= 4 is 5.91 Å². The zero-order valence-electron chi connectivity index (χ0n) is 12.0. The summed E-state index contributed by atoms with van der Waals surface area (Å²) in [4.78, 5) is 11.8. The van der Waals surface area contributed by atoms with Crippen molar-refractivity contribution in [1.29, 1.82) is 0 Å². The van der Waals surface area contributed by atoms with Crippen LogP contribution in [0.5, 0.6) is 0 Å². The second kappa shape index (κ2) is 8.48. The molecule has 4 nitrogen and oxygen atoms in total. The van der Waals surface area contributed by atoms with Gasteiger partial charge in [0.25, 0.3) is 0 Å². The maximum Gasteiger partial charge on any atom is 0.236 e. The number of ether oxygens (including phenoxy) is 1. The van der Waals surface area contributed by atoms with Crippen molar-refractivity contribution in [3.63, 3.8) is 0 Å². The van der Waals surface area contributed by atoms with E-state index < -0.39 is 0 Å². The Morgan fingerprint density at radius 2 is 1.94 bits per heavy atom. The molecule has 0 aromatic heterocycles. The molecule has 0 aliphatic heterocycles.